The fourth-order valence-electron chi connectivity index (χ4n) is 2.84. The van der Waals surface area contributed by atoms with Gasteiger partial charge in [0, 0.05) is 19.5 Å². The first-order chi connectivity index (χ1) is 9.74. The van der Waals surface area contributed by atoms with Gasteiger partial charge in [0.2, 0.25) is 5.91 Å². The summed E-state index contributed by atoms with van der Waals surface area (Å²) in [7, 11) is 0. The van der Waals surface area contributed by atoms with E-state index in [9.17, 15) is 4.79 Å². The number of hydrogen-bond donors (Lipinski definition) is 0. The van der Waals surface area contributed by atoms with Crippen molar-refractivity contribution in [2.24, 2.45) is 0 Å². The molecule has 1 aromatic rings. The highest BCUT2D eigenvalue weighted by Crippen LogP contribution is 2.34. The quantitative estimate of drug-likeness (QED) is 0.851. The van der Waals surface area contributed by atoms with E-state index in [1.165, 1.54) is 0 Å². The van der Waals surface area contributed by atoms with Crippen molar-refractivity contribution in [3.8, 4) is 11.5 Å². The SMILES string of the molecule is CC(CC(=O)N1CCCC1)c1ccc2c(c1)OCCO2. The van der Waals surface area contributed by atoms with Crippen molar-refractivity contribution < 1.29 is 14.3 Å². The molecule has 0 spiro atoms. The minimum Gasteiger partial charge on any atom is -0.486 e. The molecule has 4 heteroatoms. The van der Waals surface area contributed by atoms with Crippen LogP contribution in [0.4, 0.5) is 0 Å². The fraction of sp³-hybridized carbons (Fsp3) is 0.562. The van der Waals surface area contributed by atoms with Crippen molar-refractivity contribution in [3.05, 3.63) is 23.8 Å². The van der Waals surface area contributed by atoms with Crippen LogP contribution in [0, 0.1) is 0 Å². The smallest absolute Gasteiger partial charge is 0.223 e. The summed E-state index contributed by atoms with van der Waals surface area (Å²) >= 11 is 0. The van der Waals surface area contributed by atoms with Crippen LogP contribution in [-0.2, 0) is 4.79 Å². The van der Waals surface area contributed by atoms with E-state index in [0.29, 0.717) is 19.6 Å². The molecule has 1 atom stereocenters. The molecule has 1 fully saturated rings. The zero-order valence-electron chi connectivity index (χ0n) is 11.9. The van der Waals surface area contributed by atoms with Gasteiger partial charge in [-0.15, -0.1) is 0 Å². The topological polar surface area (TPSA) is 38.8 Å². The number of carbonyl (C=O) groups excluding carboxylic acids is 1. The van der Waals surface area contributed by atoms with E-state index in [4.69, 9.17) is 9.47 Å². The van der Waals surface area contributed by atoms with Gasteiger partial charge in [-0.25, -0.2) is 0 Å². The third kappa shape index (κ3) is 2.74. The molecule has 1 saturated heterocycles. The van der Waals surface area contributed by atoms with Crippen molar-refractivity contribution in [3.63, 3.8) is 0 Å². The fourth-order valence-corrected chi connectivity index (χ4v) is 2.84. The number of fused-ring (bicyclic) bond motifs is 1. The Kier molecular flexibility index (Phi) is 3.81. The van der Waals surface area contributed by atoms with Gasteiger partial charge in [-0.2, -0.15) is 0 Å². The van der Waals surface area contributed by atoms with Gasteiger partial charge >= 0.3 is 0 Å². The molecular formula is C16H21NO3. The monoisotopic (exact) mass is 275 g/mol. The Morgan fingerprint density at radius 1 is 1.20 bits per heavy atom. The number of amides is 1. The third-order valence-corrected chi connectivity index (χ3v) is 4.07. The molecule has 0 aliphatic carbocycles. The molecule has 2 aliphatic rings. The predicted molar refractivity (Wildman–Crippen MR) is 76.3 cm³/mol. The lowest BCUT2D eigenvalue weighted by Gasteiger charge is -2.22. The van der Waals surface area contributed by atoms with E-state index < -0.39 is 0 Å². The summed E-state index contributed by atoms with van der Waals surface area (Å²) in [4.78, 5) is 14.2. The molecule has 0 saturated carbocycles. The summed E-state index contributed by atoms with van der Waals surface area (Å²) in [5.41, 5.74) is 1.14. The lowest BCUT2D eigenvalue weighted by molar-refractivity contribution is -0.130. The Balaban J connectivity index is 1.67. The van der Waals surface area contributed by atoms with Gasteiger partial charge in [0.15, 0.2) is 11.5 Å². The lowest BCUT2D eigenvalue weighted by atomic mass is 9.96. The zero-order valence-corrected chi connectivity index (χ0v) is 11.9. The van der Waals surface area contributed by atoms with E-state index in [1.54, 1.807) is 0 Å². The molecule has 2 aliphatic heterocycles. The standard InChI is InChI=1S/C16H21NO3/c1-12(10-16(18)17-6-2-3-7-17)13-4-5-14-15(11-13)20-9-8-19-14/h4-5,11-12H,2-3,6-10H2,1H3. The highest BCUT2D eigenvalue weighted by molar-refractivity contribution is 5.77. The van der Waals surface area contributed by atoms with Gasteiger partial charge in [-0.05, 0) is 36.5 Å². The largest absolute Gasteiger partial charge is 0.486 e. The van der Waals surface area contributed by atoms with Gasteiger partial charge in [0.25, 0.3) is 0 Å². The van der Waals surface area contributed by atoms with Crippen LogP contribution in [0.5, 0.6) is 11.5 Å². The molecule has 1 unspecified atom stereocenters. The number of hydrogen-bond acceptors (Lipinski definition) is 3. The van der Waals surface area contributed by atoms with Crippen LogP contribution in [0.1, 0.15) is 37.7 Å². The van der Waals surface area contributed by atoms with E-state index in [0.717, 1.165) is 43.0 Å². The number of benzene rings is 1. The van der Waals surface area contributed by atoms with Gasteiger partial charge in [0.05, 0.1) is 0 Å². The molecule has 108 valence electrons. The Morgan fingerprint density at radius 2 is 1.90 bits per heavy atom. The van der Waals surface area contributed by atoms with E-state index >= 15 is 0 Å². The molecule has 3 rings (SSSR count). The summed E-state index contributed by atoms with van der Waals surface area (Å²) in [6.45, 7) is 5.14. The van der Waals surface area contributed by atoms with Crippen LogP contribution in [0.2, 0.25) is 0 Å². The molecule has 0 bridgehead atoms. The Labute approximate surface area is 119 Å². The number of rotatable bonds is 3. The van der Waals surface area contributed by atoms with E-state index in [2.05, 4.69) is 6.92 Å². The van der Waals surface area contributed by atoms with Gasteiger partial charge in [0.1, 0.15) is 13.2 Å². The maximum atomic E-state index is 12.2. The van der Waals surface area contributed by atoms with Gasteiger partial charge < -0.3 is 14.4 Å². The molecule has 1 amide bonds. The van der Waals surface area contributed by atoms with Crippen LogP contribution in [0.25, 0.3) is 0 Å². The number of carbonyl (C=O) groups is 1. The Hall–Kier alpha value is -1.71. The highest BCUT2D eigenvalue weighted by Gasteiger charge is 2.21. The third-order valence-electron chi connectivity index (χ3n) is 4.07. The van der Waals surface area contributed by atoms with Gasteiger partial charge in [-0.3, -0.25) is 4.79 Å². The predicted octanol–water partition coefficient (Wildman–Crippen LogP) is 2.57. The Bertz CT molecular complexity index is 494. The minimum atomic E-state index is 0.207. The second-order valence-electron chi connectivity index (χ2n) is 5.60. The van der Waals surface area contributed by atoms with Crippen molar-refractivity contribution in [1.29, 1.82) is 0 Å². The summed E-state index contributed by atoms with van der Waals surface area (Å²) in [6.07, 6.45) is 2.86. The lowest BCUT2D eigenvalue weighted by Crippen LogP contribution is -2.28. The maximum absolute atomic E-state index is 12.2. The molecule has 2 heterocycles. The molecule has 0 radical (unpaired) electrons. The second-order valence-corrected chi connectivity index (χ2v) is 5.60. The number of likely N-dealkylation sites (tertiary alicyclic amines) is 1. The summed E-state index contributed by atoms with van der Waals surface area (Å²) in [5, 5.41) is 0. The van der Waals surface area contributed by atoms with Gasteiger partial charge in [-0.1, -0.05) is 13.0 Å². The van der Waals surface area contributed by atoms with Crippen LogP contribution < -0.4 is 9.47 Å². The highest BCUT2D eigenvalue weighted by atomic mass is 16.6. The minimum absolute atomic E-state index is 0.207. The Morgan fingerprint density at radius 3 is 2.65 bits per heavy atom. The molecule has 1 aromatic carbocycles. The van der Waals surface area contributed by atoms with Crippen LogP contribution in [0.15, 0.2) is 18.2 Å². The zero-order chi connectivity index (χ0) is 13.9. The number of nitrogens with zero attached hydrogens (tertiary/aromatic N) is 1. The first-order valence-electron chi connectivity index (χ1n) is 7.41. The van der Waals surface area contributed by atoms with Crippen LogP contribution in [0.3, 0.4) is 0 Å². The average molecular weight is 275 g/mol. The first kappa shape index (κ1) is 13.3. The molecule has 4 nitrogen and oxygen atoms in total. The van der Waals surface area contributed by atoms with E-state index in [1.807, 2.05) is 23.1 Å². The first-order valence-corrected chi connectivity index (χ1v) is 7.41. The molecular weight excluding hydrogens is 254 g/mol. The second kappa shape index (κ2) is 5.73. The average Bonchev–Trinajstić information content (AvgIpc) is 3.01. The summed E-state index contributed by atoms with van der Waals surface area (Å²) < 4.78 is 11.1. The molecule has 0 N–H and O–H groups in total. The normalized spacial score (nSPS) is 18.9. The van der Waals surface area contributed by atoms with Crippen LogP contribution >= 0.6 is 0 Å². The van der Waals surface area contributed by atoms with Crippen molar-refractivity contribution in [2.75, 3.05) is 26.3 Å². The maximum Gasteiger partial charge on any atom is 0.223 e. The van der Waals surface area contributed by atoms with E-state index in [-0.39, 0.29) is 11.8 Å². The number of ether oxygens (including phenoxy) is 2. The van der Waals surface area contributed by atoms with Crippen molar-refractivity contribution in [1.82, 2.24) is 4.90 Å². The van der Waals surface area contributed by atoms with Crippen molar-refractivity contribution >= 4 is 5.91 Å². The van der Waals surface area contributed by atoms with Crippen LogP contribution in [-0.4, -0.2) is 37.1 Å². The molecule has 0 aromatic heterocycles. The summed E-state index contributed by atoms with van der Waals surface area (Å²) in [5.74, 6) is 2.08. The summed E-state index contributed by atoms with van der Waals surface area (Å²) in [6, 6.07) is 5.99. The molecule has 20 heavy (non-hydrogen) atoms. The van der Waals surface area contributed by atoms with Crippen molar-refractivity contribution in [2.45, 2.75) is 32.1 Å².